The molecule has 0 saturated heterocycles. The van der Waals surface area contributed by atoms with E-state index in [0.717, 1.165) is 11.1 Å². The molecule has 1 atom stereocenters. The second kappa shape index (κ2) is 11.6. The van der Waals surface area contributed by atoms with Crippen LogP contribution < -0.4 is 10.1 Å². The zero-order valence-electron chi connectivity index (χ0n) is 18.2. The quantitative estimate of drug-likeness (QED) is 0.589. The molecule has 0 aliphatic rings. The van der Waals surface area contributed by atoms with Crippen molar-refractivity contribution in [3.05, 3.63) is 64.7 Å². The summed E-state index contributed by atoms with van der Waals surface area (Å²) in [5.41, 5.74) is 1.83. The van der Waals surface area contributed by atoms with E-state index in [9.17, 15) is 9.59 Å². The predicted molar refractivity (Wildman–Crippen MR) is 121 cm³/mol. The van der Waals surface area contributed by atoms with Crippen LogP contribution in [0.15, 0.2) is 48.5 Å². The summed E-state index contributed by atoms with van der Waals surface area (Å²) in [6, 6.07) is 14.4. The number of ether oxygens (including phenoxy) is 1. The van der Waals surface area contributed by atoms with Crippen molar-refractivity contribution in [3.8, 4) is 5.75 Å². The average Bonchev–Trinajstić information content (AvgIpc) is 2.73. The largest absolute Gasteiger partial charge is 0.483 e. The van der Waals surface area contributed by atoms with Crippen molar-refractivity contribution in [3.63, 3.8) is 0 Å². The number of para-hydroxylation sites is 1. The minimum atomic E-state index is -0.599. The molecule has 0 spiro atoms. The maximum Gasteiger partial charge on any atom is 0.261 e. The Morgan fingerprint density at radius 3 is 2.37 bits per heavy atom. The minimum absolute atomic E-state index is 0.149. The number of amides is 2. The first-order valence-electron chi connectivity index (χ1n) is 10.4. The van der Waals surface area contributed by atoms with Crippen LogP contribution in [0.25, 0.3) is 0 Å². The predicted octanol–water partition coefficient (Wildman–Crippen LogP) is 4.79. The number of carbonyl (C=O) groups excluding carboxylic acids is 2. The van der Waals surface area contributed by atoms with E-state index < -0.39 is 6.04 Å². The molecular weight excluding hydrogens is 400 g/mol. The van der Waals surface area contributed by atoms with Gasteiger partial charge in [0.15, 0.2) is 6.61 Å². The van der Waals surface area contributed by atoms with Gasteiger partial charge in [-0.15, -0.1) is 0 Å². The Hall–Kier alpha value is -2.53. The summed E-state index contributed by atoms with van der Waals surface area (Å²) in [7, 11) is 0. The van der Waals surface area contributed by atoms with E-state index in [1.807, 2.05) is 56.3 Å². The van der Waals surface area contributed by atoms with Crippen LogP contribution in [0.3, 0.4) is 0 Å². The minimum Gasteiger partial charge on any atom is -0.483 e. The van der Waals surface area contributed by atoms with Crippen LogP contribution in [0.5, 0.6) is 5.75 Å². The second-order valence-electron chi connectivity index (χ2n) is 7.41. The lowest BCUT2D eigenvalue weighted by molar-refractivity contribution is -0.142. The molecule has 162 valence electrons. The smallest absolute Gasteiger partial charge is 0.261 e. The number of rotatable bonds is 10. The standard InChI is InChI=1S/C24H31ClN2O3/c1-5-21(24(29)26-6-2)27(15-18-11-7-9-13-20(18)25)23(28)16-30-22-14-10-8-12-19(22)17(3)4/h7-14,17,21H,5-6,15-16H2,1-4H3,(H,26,29). The average molecular weight is 431 g/mol. The second-order valence-corrected chi connectivity index (χ2v) is 7.82. The van der Waals surface area contributed by atoms with Crippen molar-refractivity contribution in [2.45, 2.75) is 52.6 Å². The Labute approximate surface area is 184 Å². The fraction of sp³-hybridized carbons (Fsp3) is 0.417. The van der Waals surface area contributed by atoms with Gasteiger partial charge < -0.3 is 15.0 Å². The number of carbonyl (C=O) groups is 2. The summed E-state index contributed by atoms with van der Waals surface area (Å²) in [6.45, 7) is 8.50. The summed E-state index contributed by atoms with van der Waals surface area (Å²) in [5, 5.41) is 3.39. The summed E-state index contributed by atoms with van der Waals surface area (Å²) in [5.74, 6) is 0.522. The van der Waals surface area contributed by atoms with Crippen LogP contribution in [0, 0.1) is 0 Å². The van der Waals surface area contributed by atoms with Crippen LogP contribution in [-0.4, -0.2) is 35.9 Å². The fourth-order valence-corrected chi connectivity index (χ4v) is 3.53. The molecule has 0 bridgehead atoms. The Morgan fingerprint density at radius 1 is 1.07 bits per heavy atom. The molecule has 0 fully saturated rings. The fourth-order valence-electron chi connectivity index (χ4n) is 3.33. The third kappa shape index (κ3) is 6.23. The molecule has 1 N–H and O–H groups in total. The van der Waals surface area contributed by atoms with E-state index in [1.54, 1.807) is 11.0 Å². The molecule has 6 heteroatoms. The zero-order chi connectivity index (χ0) is 22.1. The van der Waals surface area contributed by atoms with Gasteiger partial charge in [0, 0.05) is 18.1 Å². The SMILES string of the molecule is CCNC(=O)C(CC)N(Cc1ccccc1Cl)C(=O)COc1ccccc1C(C)C. The number of nitrogens with zero attached hydrogens (tertiary/aromatic N) is 1. The molecule has 5 nitrogen and oxygen atoms in total. The van der Waals surface area contributed by atoms with Crippen molar-refractivity contribution in [2.75, 3.05) is 13.2 Å². The van der Waals surface area contributed by atoms with Gasteiger partial charge in [0.2, 0.25) is 5.91 Å². The van der Waals surface area contributed by atoms with Crippen LogP contribution in [0.4, 0.5) is 0 Å². The van der Waals surface area contributed by atoms with Gasteiger partial charge in [0.25, 0.3) is 5.91 Å². The lowest BCUT2D eigenvalue weighted by Crippen LogP contribution is -2.50. The van der Waals surface area contributed by atoms with Gasteiger partial charge in [0.05, 0.1) is 0 Å². The lowest BCUT2D eigenvalue weighted by Gasteiger charge is -2.31. The summed E-state index contributed by atoms with van der Waals surface area (Å²) in [6.07, 6.45) is 0.491. The first-order valence-corrected chi connectivity index (χ1v) is 10.8. The maximum atomic E-state index is 13.2. The molecular formula is C24H31ClN2O3. The molecule has 2 aromatic rings. The van der Waals surface area contributed by atoms with E-state index in [0.29, 0.717) is 23.7 Å². The van der Waals surface area contributed by atoms with Crippen molar-refractivity contribution < 1.29 is 14.3 Å². The highest BCUT2D eigenvalue weighted by molar-refractivity contribution is 6.31. The number of nitrogens with one attached hydrogen (secondary N) is 1. The Morgan fingerprint density at radius 2 is 1.73 bits per heavy atom. The molecule has 0 aromatic heterocycles. The maximum absolute atomic E-state index is 13.2. The van der Waals surface area contributed by atoms with E-state index in [4.69, 9.17) is 16.3 Å². The van der Waals surface area contributed by atoms with Crippen molar-refractivity contribution in [2.24, 2.45) is 0 Å². The third-order valence-corrected chi connectivity index (χ3v) is 5.30. The van der Waals surface area contributed by atoms with E-state index in [2.05, 4.69) is 19.2 Å². The van der Waals surface area contributed by atoms with E-state index in [1.165, 1.54) is 0 Å². The van der Waals surface area contributed by atoms with Crippen LogP contribution in [0.2, 0.25) is 5.02 Å². The number of hydrogen-bond acceptors (Lipinski definition) is 3. The zero-order valence-corrected chi connectivity index (χ0v) is 18.9. The molecule has 0 heterocycles. The van der Waals surface area contributed by atoms with Gasteiger partial charge in [-0.2, -0.15) is 0 Å². The molecule has 2 amide bonds. The Balaban J connectivity index is 2.25. The Kier molecular flexibility index (Phi) is 9.18. The number of halogens is 1. The lowest BCUT2D eigenvalue weighted by atomic mass is 10.0. The highest BCUT2D eigenvalue weighted by Gasteiger charge is 2.29. The molecule has 0 saturated carbocycles. The van der Waals surface area contributed by atoms with Gasteiger partial charge in [-0.3, -0.25) is 9.59 Å². The normalized spacial score (nSPS) is 11.8. The number of hydrogen-bond donors (Lipinski definition) is 1. The summed E-state index contributed by atoms with van der Waals surface area (Å²) >= 11 is 6.32. The van der Waals surface area contributed by atoms with Gasteiger partial charge in [0.1, 0.15) is 11.8 Å². The highest BCUT2D eigenvalue weighted by atomic mass is 35.5. The molecule has 2 aromatic carbocycles. The summed E-state index contributed by atoms with van der Waals surface area (Å²) < 4.78 is 5.89. The Bertz CT molecular complexity index is 854. The third-order valence-electron chi connectivity index (χ3n) is 4.93. The molecule has 0 aliphatic heterocycles. The van der Waals surface area contributed by atoms with Crippen molar-refractivity contribution in [1.29, 1.82) is 0 Å². The first-order chi connectivity index (χ1) is 14.4. The van der Waals surface area contributed by atoms with Gasteiger partial charge >= 0.3 is 0 Å². The van der Waals surface area contributed by atoms with E-state index >= 15 is 0 Å². The van der Waals surface area contributed by atoms with Crippen LogP contribution >= 0.6 is 11.6 Å². The van der Waals surface area contributed by atoms with Gasteiger partial charge in [-0.05, 0) is 42.5 Å². The number of benzene rings is 2. The van der Waals surface area contributed by atoms with E-state index in [-0.39, 0.29) is 30.9 Å². The first kappa shape index (κ1) is 23.7. The van der Waals surface area contributed by atoms with Crippen LogP contribution in [-0.2, 0) is 16.1 Å². The number of likely N-dealkylation sites (N-methyl/N-ethyl adjacent to an activating group) is 1. The summed E-state index contributed by atoms with van der Waals surface area (Å²) in [4.78, 5) is 27.4. The van der Waals surface area contributed by atoms with Crippen molar-refractivity contribution in [1.82, 2.24) is 10.2 Å². The van der Waals surface area contributed by atoms with Crippen LogP contribution in [0.1, 0.15) is 51.2 Å². The molecule has 1 unspecified atom stereocenters. The highest BCUT2D eigenvalue weighted by Crippen LogP contribution is 2.26. The van der Waals surface area contributed by atoms with Crippen molar-refractivity contribution >= 4 is 23.4 Å². The molecule has 30 heavy (non-hydrogen) atoms. The monoisotopic (exact) mass is 430 g/mol. The molecule has 0 radical (unpaired) electrons. The topological polar surface area (TPSA) is 58.6 Å². The van der Waals surface area contributed by atoms with Gasteiger partial charge in [-0.25, -0.2) is 0 Å². The molecule has 2 rings (SSSR count). The molecule has 0 aliphatic carbocycles. The van der Waals surface area contributed by atoms with Gasteiger partial charge in [-0.1, -0.05) is 68.8 Å².